The van der Waals surface area contributed by atoms with Crippen LogP contribution in [0.25, 0.3) is 11.1 Å². The Morgan fingerprint density at radius 3 is 1.92 bits per heavy atom. The number of hydrogen-bond donors (Lipinski definition) is 0. The van der Waals surface area contributed by atoms with Gasteiger partial charge in [0.25, 0.3) is 0 Å². The Morgan fingerprint density at radius 2 is 1.36 bits per heavy atom. The molecule has 1 saturated carbocycles. The minimum atomic E-state index is -4.06. The topological polar surface area (TPSA) is 9.23 Å². The first-order valence-corrected chi connectivity index (χ1v) is 12.2. The van der Waals surface area contributed by atoms with Gasteiger partial charge in [0.05, 0.1) is 5.56 Å². The zero-order valence-electron chi connectivity index (χ0n) is 19.6. The summed E-state index contributed by atoms with van der Waals surface area (Å²) in [6.45, 7) is 2.21. The fraction of sp³-hybridized carbons (Fsp3) is 0.357. The van der Waals surface area contributed by atoms with Gasteiger partial charge in [0, 0.05) is 0 Å². The molecule has 4 rings (SSSR count). The highest BCUT2D eigenvalue weighted by Gasteiger charge is 2.36. The number of alkyl halides is 2. The molecule has 0 N–H and O–H groups in total. The molecule has 0 aliphatic heterocycles. The van der Waals surface area contributed by atoms with E-state index in [2.05, 4.69) is 11.7 Å². The van der Waals surface area contributed by atoms with Crippen LogP contribution in [0.1, 0.15) is 50.2 Å². The van der Waals surface area contributed by atoms with Crippen LogP contribution in [-0.2, 0) is 12.5 Å². The van der Waals surface area contributed by atoms with Crippen LogP contribution in [0.4, 0.5) is 26.3 Å². The number of ether oxygens (including phenoxy) is 1. The number of benzene rings is 3. The van der Waals surface area contributed by atoms with Gasteiger partial charge in [-0.2, -0.15) is 8.78 Å². The second kappa shape index (κ2) is 10.8. The smallest absolute Gasteiger partial charge is 0.423 e. The summed E-state index contributed by atoms with van der Waals surface area (Å²) in [6.07, 6.45) is 1.64. The van der Waals surface area contributed by atoms with E-state index in [1.54, 1.807) is 0 Å². The van der Waals surface area contributed by atoms with Crippen LogP contribution in [0.5, 0.6) is 5.75 Å². The van der Waals surface area contributed by atoms with Crippen molar-refractivity contribution in [2.45, 2.75) is 51.6 Å². The maximum absolute atomic E-state index is 14.7. The van der Waals surface area contributed by atoms with E-state index in [1.807, 2.05) is 0 Å². The lowest BCUT2D eigenvalue weighted by Gasteiger charge is -2.26. The molecule has 1 nitrogen and oxygen atoms in total. The molecule has 8 heteroatoms. The molecule has 3 aromatic rings. The van der Waals surface area contributed by atoms with Crippen molar-refractivity contribution in [3.8, 4) is 16.9 Å². The molecule has 3 aromatic carbocycles. The summed E-state index contributed by atoms with van der Waals surface area (Å²) >= 11 is 5.47. The van der Waals surface area contributed by atoms with E-state index in [0.29, 0.717) is 23.8 Å². The highest BCUT2D eigenvalue weighted by molar-refractivity contribution is 6.31. The van der Waals surface area contributed by atoms with Gasteiger partial charge in [0.15, 0.2) is 17.4 Å². The van der Waals surface area contributed by atoms with Crippen molar-refractivity contribution in [2.24, 2.45) is 11.8 Å². The zero-order valence-corrected chi connectivity index (χ0v) is 20.3. The Balaban J connectivity index is 1.46. The molecule has 0 radical (unpaired) electrons. The van der Waals surface area contributed by atoms with Crippen molar-refractivity contribution in [3.05, 3.63) is 87.9 Å². The molecule has 36 heavy (non-hydrogen) atoms. The summed E-state index contributed by atoms with van der Waals surface area (Å²) in [4.78, 5) is 0. The lowest BCUT2D eigenvalue weighted by atomic mass is 9.80. The van der Waals surface area contributed by atoms with Gasteiger partial charge in [-0.15, -0.1) is 0 Å². The van der Waals surface area contributed by atoms with Crippen LogP contribution in [0.2, 0.25) is 5.02 Å². The predicted molar refractivity (Wildman–Crippen MR) is 127 cm³/mol. The third-order valence-electron chi connectivity index (χ3n) is 6.80. The van der Waals surface area contributed by atoms with E-state index in [-0.39, 0.29) is 11.1 Å². The van der Waals surface area contributed by atoms with Gasteiger partial charge in [0.1, 0.15) is 16.7 Å². The molecule has 0 unspecified atom stereocenters. The molecule has 0 amide bonds. The second-order valence-corrected chi connectivity index (χ2v) is 9.88. The van der Waals surface area contributed by atoms with Gasteiger partial charge < -0.3 is 4.74 Å². The molecule has 192 valence electrons. The van der Waals surface area contributed by atoms with E-state index < -0.39 is 45.7 Å². The maximum Gasteiger partial charge on any atom is 0.426 e. The molecule has 0 atom stereocenters. The van der Waals surface area contributed by atoms with Crippen LogP contribution < -0.4 is 4.74 Å². The highest BCUT2D eigenvalue weighted by Crippen LogP contribution is 2.37. The van der Waals surface area contributed by atoms with Crippen LogP contribution in [0.3, 0.4) is 0 Å². The molecule has 1 aliphatic rings. The van der Waals surface area contributed by atoms with Crippen molar-refractivity contribution in [3.63, 3.8) is 0 Å². The minimum Gasteiger partial charge on any atom is -0.423 e. The first-order valence-electron chi connectivity index (χ1n) is 11.8. The van der Waals surface area contributed by atoms with Gasteiger partial charge in [-0.05, 0) is 77.8 Å². The lowest BCUT2D eigenvalue weighted by Crippen LogP contribution is -2.23. The Bertz CT molecular complexity index is 1170. The van der Waals surface area contributed by atoms with E-state index in [4.69, 9.17) is 11.6 Å². The Morgan fingerprint density at radius 1 is 0.806 bits per heavy atom. The van der Waals surface area contributed by atoms with Crippen molar-refractivity contribution in [1.29, 1.82) is 0 Å². The van der Waals surface area contributed by atoms with Gasteiger partial charge in [-0.1, -0.05) is 56.3 Å². The summed E-state index contributed by atoms with van der Waals surface area (Å²) in [6, 6.07) is 8.29. The standard InChI is InChI=1S/C28H25ClF6O/c1-16-2-4-17(5-3-16)6-7-18-12-24(32)27(25(33)13-18)36-28(34,35)21-10-8-19(9-11-21)20-14-22(30)26(29)23(31)15-20/h8-17H,2-7H2,1H3. The maximum atomic E-state index is 14.7. The van der Waals surface area contributed by atoms with Crippen LogP contribution in [-0.4, -0.2) is 0 Å². The average Bonchev–Trinajstić information content (AvgIpc) is 2.84. The molecular formula is C28H25ClF6O. The summed E-state index contributed by atoms with van der Waals surface area (Å²) in [5, 5.41) is -0.672. The Labute approximate surface area is 211 Å². The molecule has 0 bridgehead atoms. The zero-order chi connectivity index (χ0) is 26.0. The molecule has 0 saturated heterocycles. The number of hydrogen-bond acceptors (Lipinski definition) is 1. The van der Waals surface area contributed by atoms with Crippen molar-refractivity contribution in [1.82, 2.24) is 0 Å². The van der Waals surface area contributed by atoms with Crippen molar-refractivity contribution < 1.29 is 31.1 Å². The molecule has 0 aromatic heterocycles. The molecule has 0 heterocycles. The third kappa shape index (κ3) is 6.00. The van der Waals surface area contributed by atoms with E-state index in [1.165, 1.54) is 12.1 Å². The number of halogens is 7. The fourth-order valence-electron chi connectivity index (χ4n) is 4.61. The molecule has 1 fully saturated rings. The van der Waals surface area contributed by atoms with Crippen LogP contribution in [0.15, 0.2) is 48.5 Å². The summed E-state index contributed by atoms with van der Waals surface area (Å²) in [5.74, 6) is -4.36. The van der Waals surface area contributed by atoms with Gasteiger partial charge in [-0.25, -0.2) is 17.6 Å². The van der Waals surface area contributed by atoms with Crippen molar-refractivity contribution in [2.75, 3.05) is 0 Å². The molecule has 0 spiro atoms. The third-order valence-corrected chi connectivity index (χ3v) is 7.16. The monoisotopic (exact) mass is 526 g/mol. The highest BCUT2D eigenvalue weighted by atomic mass is 35.5. The second-order valence-electron chi connectivity index (χ2n) is 9.50. The normalized spacial score (nSPS) is 18.3. The molecule has 1 aliphatic carbocycles. The Hall–Kier alpha value is -2.67. The number of aryl methyl sites for hydroxylation is 1. The first-order chi connectivity index (χ1) is 17.0. The van der Waals surface area contributed by atoms with Crippen molar-refractivity contribution >= 4 is 11.6 Å². The first kappa shape index (κ1) is 26.4. The summed E-state index contributed by atoms with van der Waals surface area (Å²) in [5.41, 5.74) is 0.0281. The predicted octanol–water partition coefficient (Wildman–Crippen LogP) is 9.45. The fourth-order valence-corrected chi connectivity index (χ4v) is 4.72. The Kier molecular flexibility index (Phi) is 7.88. The quantitative estimate of drug-likeness (QED) is 0.220. The van der Waals surface area contributed by atoms with Crippen LogP contribution >= 0.6 is 11.6 Å². The summed E-state index contributed by atoms with van der Waals surface area (Å²) in [7, 11) is 0. The van der Waals surface area contributed by atoms with E-state index >= 15 is 0 Å². The number of rotatable bonds is 7. The van der Waals surface area contributed by atoms with E-state index in [9.17, 15) is 26.3 Å². The van der Waals surface area contributed by atoms with Gasteiger partial charge >= 0.3 is 6.11 Å². The average molecular weight is 527 g/mol. The SMILES string of the molecule is CC1CCC(CCc2cc(F)c(OC(F)(F)c3ccc(-c4cc(F)c(Cl)c(F)c4)cc3)c(F)c2)CC1. The minimum absolute atomic E-state index is 0.0839. The van der Waals surface area contributed by atoms with E-state index in [0.717, 1.165) is 68.5 Å². The lowest BCUT2D eigenvalue weighted by molar-refractivity contribution is -0.188. The van der Waals surface area contributed by atoms with Gasteiger partial charge in [0.2, 0.25) is 0 Å². The largest absolute Gasteiger partial charge is 0.426 e. The van der Waals surface area contributed by atoms with Crippen LogP contribution in [0, 0.1) is 35.1 Å². The molecular weight excluding hydrogens is 502 g/mol. The summed E-state index contributed by atoms with van der Waals surface area (Å²) < 4.78 is 90.6. The van der Waals surface area contributed by atoms with Gasteiger partial charge in [-0.3, -0.25) is 0 Å².